The van der Waals surface area contributed by atoms with Gasteiger partial charge in [0.15, 0.2) is 0 Å². The lowest BCUT2D eigenvalue weighted by Crippen LogP contribution is -2.31. The van der Waals surface area contributed by atoms with E-state index in [9.17, 15) is 4.39 Å². The first-order valence-corrected chi connectivity index (χ1v) is 8.55. The summed E-state index contributed by atoms with van der Waals surface area (Å²) in [4.78, 5) is 6.53. The summed E-state index contributed by atoms with van der Waals surface area (Å²) in [6.45, 7) is 4.02. The van der Waals surface area contributed by atoms with Crippen molar-refractivity contribution in [1.82, 2.24) is 14.5 Å². The Morgan fingerprint density at radius 3 is 2.92 bits per heavy atom. The SMILES string of the molecule is CC1c2c(n(CCc3cccnc3)c3c(F)cccc23)CCN1C. The van der Waals surface area contributed by atoms with E-state index in [1.54, 1.807) is 12.3 Å². The molecule has 1 aliphatic heterocycles. The largest absolute Gasteiger partial charge is 0.342 e. The van der Waals surface area contributed by atoms with Gasteiger partial charge in [-0.1, -0.05) is 18.2 Å². The highest BCUT2D eigenvalue weighted by atomic mass is 19.1. The molecule has 4 rings (SSSR count). The zero-order chi connectivity index (χ0) is 16.7. The zero-order valence-electron chi connectivity index (χ0n) is 14.2. The third kappa shape index (κ3) is 2.42. The molecule has 0 saturated carbocycles. The number of aryl methyl sites for hydroxylation is 2. The Morgan fingerprint density at radius 1 is 1.25 bits per heavy atom. The summed E-state index contributed by atoms with van der Waals surface area (Å²) in [5.41, 5.74) is 4.54. The molecule has 1 unspecified atom stereocenters. The van der Waals surface area contributed by atoms with Gasteiger partial charge in [-0.15, -0.1) is 0 Å². The van der Waals surface area contributed by atoms with Crippen molar-refractivity contribution in [1.29, 1.82) is 0 Å². The monoisotopic (exact) mass is 323 g/mol. The molecule has 24 heavy (non-hydrogen) atoms. The van der Waals surface area contributed by atoms with Gasteiger partial charge in [0.05, 0.1) is 5.52 Å². The maximum Gasteiger partial charge on any atom is 0.147 e. The summed E-state index contributed by atoms with van der Waals surface area (Å²) >= 11 is 0. The molecule has 2 aromatic heterocycles. The normalized spacial score (nSPS) is 18.0. The number of para-hydroxylation sites is 1. The van der Waals surface area contributed by atoms with Crippen molar-refractivity contribution in [3.05, 3.63) is 65.4 Å². The summed E-state index contributed by atoms with van der Waals surface area (Å²) in [6.07, 6.45) is 5.51. The predicted octanol–water partition coefficient (Wildman–Crippen LogP) is 3.97. The van der Waals surface area contributed by atoms with Crippen LogP contribution in [0, 0.1) is 5.82 Å². The molecule has 4 heteroatoms. The Labute approximate surface area is 141 Å². The first-order chi connectivity index (χ1) is 11.7. The fourth-order valence-corrected chi connectivity index (χ4v) is 3.91. The quantitative estimate of drug-likeness (QED) is 0.727. The van der Waals surface area contributed by atoms with Crippen LogP contribution in [0.2, 0.25) is 0 Å². The van der Waals surface area contributed by atoms with Gasteiger partial charge in [0.1, 0.15) is 5.82 Å². The smallest absolute Gasteiger partial charge is 0.147 e. The predicted molar refractivity (Wildman–Crippen MR) is 94.6 cm³/mol. The number of aromatic nitrogens is 2. The summed E-state index contributed by atoms with van der Waals surface area (Å²) in [5.74, 6) is -0.122. The summed E-state index contributed by atoms with van der Waals surface area (Å²) < 4.78 is 16.8. The minimum atomic E-state index is -0.122. The lowest BCUT2D eigenvalue weighted by atomic mass is 9.97. The van der Waals surface area contributed by atoms with Crippen LogP contribution in [0.15, 0.2) is 42.7 Å². The summed E-state index contributed by atoms with van der Waals surface area (Å²) in [6, 6.07) is 9.81. The molecule has 0 radical (unpaired) electrons. The minimum Gasteiger partial charge on any atom is -0.342 e. The van der Waals surface area contributed by atoms with Crippen molar-refractivity contribution in [2.24, 2.45) is 0 Å². The van der Waals surface area contributed by atoms with Gasteiger partial charge in [-0.25, -0.2) is 4.39 Å². The van der Waals surface area contributed by atoms with E-state index in [0.717, 1.165) is 36.8 Å². The van der Waals surface area contributed by atoms with Crippen molar-refractivity contribution in [3.8, 4) is 0 Å². The zero-order valence-corrected chi connectivity index (χ0v) is 14.2. The third-order valence-corrected chi connectivity index (χ3v) is 5.31. The fourth-order valence-electron chi connectivity index (χ4n) is 3.91. The number of hydrogen-bond acceptors (Lipinski definition) is 2. The van der Waals surface area contributed by atoms with Crippen LogP contribution < -0.4 is 0 Å². The van der Waals surface area contributed by atoms with Gasteiger partial charge in [-0.2, -0.15) is 0 Å². The van der Waals surface area contributed by atoms with Crippen LogP contribution in [0.5, 0.6) is 0 Å². The Bertz CT molecular complexity index is 869. The van der Waals surface area contributed by atoms with Crippen molar-refractivity contribution >= 4 is 10.9 Å². The third-order valence-electron chi connectivity index (χ3n) is 5.31. The number of nitrogens with zero attached hydrogens (tertiary/aromatic N) is 3. The van der Waals surface area contributed by atoms with E-state index in [-0.39, 0.29) is 5.82 Å². The highest BCUT2D eigenvalue weighted by molar-refractivity contribution is 5.87. The van der Waals surface area contributed by atoms with Crippen LogP contribution in [-0.4, -0.2) is 28.0 Å². The Hall–Kier alpha value is -2.20. The van der Waals surface area contributed by atoms with Crippen molar-refractivity contribution in [2.45, 2.75) is 32.4 Å². The molecule has 0 amide bonds. The molecule has 0 N–H and O–H groups in total. The number of hydrogen-bond donors (Lipinski definition) is 0. The molecule has 124 valence electrons. The second kappa shape index (κ2) is 6.02. The lowest BCUT2D eigenvalue weighted by Gasteiger charge is -2.31. The van der Waals surface area contributed by atoms with Gasteiger partial charge in [0.25, 0.3) is 0 Å². The van der Waals surface area contributed by atoms with Gasteiger partial charge < -0.3 is 4.57 Å². The lowest BCUT2D eigenvalue weighted by molar-refractivity contribution is 0.245. The first-order valence-electron chi connectivity index (χ1n) is 8.55. The second-order valence-electron chi connectivity index (χ2n) is 6.67. The van der Waals surface area contributed by atoms with E-state index in [4.69, 9.17) is 0 Å². The van der Waals surface area contributed by atoms with Crippen LogP contribution in [0.25, 0.3) is 10.9 Å². The van der Waals surface area contributed by atoms with E-state index in [2.05, 4.69) is 40.6 Å². The number of halogens is 1. The van der Waals surface area contributed by atoms with Crippen LogP contribution in [0.1, 0.15) is 29.8 Å². The van der Waals surface area contributed by atoms with E-state index in [0.29, 0.717) is 6.04 Å². The van der Waals surface area contributed by atoms with Crippen molar-refractivity contribution in [3.63, 3.8) is 0 Å². The average molecular weight is 323 g/mol. The molecule has 0 spiro atoms. The highest BCUT2D eigenvalue weighted by Gasteiger charge is 2.28. The number of fused-ring (bicyclic) bond motifs is 3. The molecule has 1 atom stereocenters. The molecule has 0 fully saturated rings. The first kappa shape index (κ1) is 15.3. The van der Waals surface area contributed by atoms with Crippen LogP contribution >= 0.6 is 0 Å². The molecular formula is C20H22FN3. The molecule has 3 aromatic rings. The average Bonchev–Trinajstić information content (AvgIpc) is 2.93. The van der Waals surface area contributed by atoms with Gasteiger partial charge in [-0.05, 0) is 43.7 Å². The van der Waals surface area contributed by atoms with Crippen molar-refractivity contribution < 1.29 is 4.39 Å². The minimum absolute atomic E-state index is 0.122. The van der Waals surface area contributed by atoms with Crippen LogP contribution in [-0.2, 0) is 19.4 Å². The number of pyridine rings is 1. The molecule has 3 heterocycles. The maximum absolute atomic E-state index is 14.6. The molecule has 1 aliphatic rings. The molecule has 0 saturated heterocycles. The standard InChI is InChI=1S/C20H22FN3/c1-14-19-16-6-3-7-17(21)20(16)24(18(19)9-11-23(14)2)12-8-15-5-4-10-22-13-15/h3-7,10,13-14H,8-9,11-12H2,1-2H3. The Balaban J connectivity index is 1.82. The number of likely N-dealkylation sites (N-methyl/N-ethyl adjacent to an activating group) is 1. The topological polar surface area (TPSA) is 21.1 Å². The maximum atomic E-state index is 14.6. The molecule has 0 bridgehead atoms. The van der Waals surface area contributed by atoms with E-state index in [1.807, 2.05) is 18.3 Å². The Kier molecular flexibility index (Phi) is 3.85. The Morgan fingerprint density at radius 2 is 2.12 bits per heavy atom. The van der Waals surface area contributed by atoms with Crippen LogP contribution in [0.3, 0.4) is 0 Å². The summed E-state index contributed by atoms with van der Waals surface area (Å²) in [7, 11) is 2.14. The van der Waals surface area contributed by atoms with E-state index in [1.165, 1.54) is 16.8 Å². The molecular weight excluding hydrogens is 301 g/mol. The fraction of sp³-hybridized carbons (Fsp3) is 0.350. The number of rotatable bonds is 3. The van der Waals surface area contributed by atoms with Gasteiger partial charge >= 0.3 is 0 Å². The number of benzene rings is 1. The summed E-state index contributed by atoms with van der Waals surface area (Å²) in [5, 5.41) is 1.07. The van der Waals surface area contributed by atoms with Gasteiger partial charge in [-0.3, -0.25) is 9.88 Å². The molecule has 0 aliphatic carbocycles. The van der Waals surface area contributed by atoms with Gasteiger partial charge in [0, 0.05) is 49.0 Å². The second-order valence-corrected chi connectivity index (χ2v) is 6.67. The van der Waals surface area contributed by atoms with E-state index < -0.39 is 0 Å². The van der Waals surface area contributed by atoms with Crippen molar-refractivity contribution in [2.75, 3.05) is 13.6 Å². The molecule has 1 aromatic carbocycles. The van der Waals surface area contributed by atoms with E-state index >= 15 is 0 Å². The molecule has 3 nitrogen and oxygen atoms in total. The van der Waals surface area contributed by atoms with Gasteiger partial charge in [0.2, 0.25) is 0 Å². The highest BCUT2D eigenvalue weighted by Crippen LogP contribution is 2.37. The van der Waals surface area contributed by atoms with Crippen LogP contribution in [0.4, 0.5) is 4.39 Å².